The van der Waals surface area contributed by atoms with Crippen molar-refractivity contribution in [2.75, 3.05) is 0 Å². The molecular weight excluding hydrogens is 266 g/mol. The molecule has 0 aliphatic rings. The third kappa shape index (κ3) is 8.92. The molecule has 0 heterocycles. The van der Waals surface area contributed by atoms with E-state index < -0.39 is 0 Å². The maximum atomic E-state index is 5.77. The van der Waals surface area contributed by atoms with Crippen LogP contribution in [0.15, 0.2) is 49.2 Å². The first-order chi connectivity index (χ1) is 10.4. The van der Waals surface area contributed by atoms with Crippen molar-refractivity contribution in [3.8, 4) is 0 Å². The molecule has 126 valence electrons. The standard InChI is InChI=1S/C21H37N/c1-7-9-12-21(14-15-22,13-10-11-18(3)4)17-20(8-2)16-19(5)6/h7-10,13-15,18-20H,2,11-12,16-17,22H2,1,3-6H3/b9-7-,13-10+,15-14+. The second-order valence-electron chi connectivity index (χ2n) is 7.23. The van der Waals surface area contributed by atoms with Gasteiger partial charge in [-0.05, 0) is 56.6 Å². The lowest BCUT2D eigenvalue weighted by Gasteiger charge is -2.31. The Labute approximate surface area is 139 Å². The van der Waals surface area contributed by atoms with E-state index in [4.69, 9.17) is 5.73 Å². The van der Waals surface area contributed by atoms with Crippen LogP contribution < -0.4 is 5.73 Å². The largest absolute Gasteiger partial charge is 0.405 e. The Hall–Kier alpha value is -1.24. The van der Waals surface area contributed by atoms with Crippen molar-refractivity contribution in [2.24, 2.45) is 28.9 Å². The smallest absolute Gasteiger partial charge is 0.0118 e. The molecule has 0 saturated heterocycles. The van der Waals surface area contributed by atoms with Gasteiger partial charge in [0.05, 0.1) is 0 Å². The van der Waals surface area contributed by atoms with Gasteiger partial charge in [0, 0.05) is 5.41 Å². The fraction of sp³-hybridized carbons (Fsp3) is 0.619. The third-order valence-electron chi connectivity index (χ3n) is 3.97. The Morgan fingerprint density at radius 2 is 1.73 bits per heavy atom. The number of hydrogen-bond acceptors (Lipinski definition) is 1. The van der Waals surface area contributed by atoms with Crippen LogP contribution in [0.2, 0.25) is 0 Å². The van der Waals surface area contributed by atoms with Gasteiger partial charge in [-0.3, -0.25) is 0 Å². The van der Waals surface area contributed by atoms with Crippen LogP contribution in [-0.4, -0.2) is 0 Å². The van der Waals surface area contributed by atoms with E-state index in [1.807, 2.05) is 0 Å². The highest BCUT2D eigenvalue weighted by atomic mass is 14.5. The fourth-order valence-corrected chi connectivity index (χ4v) is 2.87. The second kappa shape index (κ2) is 11.3. The predicted octanol–water partition coefficient (Wildman–Crippen LogP) is 6.25. The molecule has 1 nitrogen and oxygen atoms in total. The minimum absolute atomic E-state index is 0.00387. The zero-order chi connectivity index (χ0) is 17.0. The van der Waals surface area contributed by atoms with Crippen LogP contribution in [0.25, 0.3) is 0 Å². The second-order valence-corrected chi connectivity index (χ2v) is 7.23. The van der Waals surface area contributed by atoms with E-state index in [0.29, 0.717) is 17.8 Å². The number of allylic oxidation sites excluding steroid dienone is 6. The minimum atomic E-state index is 0.00387. The van der Waals surface area contributed by atoms with Crippen LogP contribution in [0.1, 0.15) is 60.3 Å². The molecule has 0 amide bonds. The lowest BCUT2D eigenvalue weighted by atomic mass is 9.74. The van der Waals surface area contributed by atoms with Crippen LogP contribution in [0.4, 0.5) is 0 Å². The highest BCUT2D eigenvalue weighted by molar-refractivity contribution is 5.15. The lowest BCUT2D eigenvalue weighted by Crippen LogP contribution is -2.20. The van der Waals surface area contributed by atoms with Gasteiger partial charge in [-0.2, -0.15) is 0 Å². The summed E-state index contributed by atoms with van der Waals surface area (Å²) in [5, 5.41) is 0. The first kappa shape index (κ1) is 20.8. The third-order valence-corrected chi connectivity index (χ3v) is 3.97. The van der Waals surface area contributed by atoms with Gasteiger partial charge in [0.2, 0.25) is 0 Å². The summed E-state index contributed by atoms with van der Waals surface area (Å²) < 4.78 is 0. The topological polar surface area (TPSA) is 26.0 Å². The van der Waals surface area contributed by atoms with Crippen LogP contribution in [0.3, 0.4) is 0 Å². The van der Waals surface area contributed by atoms with Crippen molar-refractivity contribution in [3.05, 3.63) is 49.2 Å². The molecule has 0 radical (unpaired) electrons. The number of hydrogen-bond donors (Lipinski definition) is 1. The molecule has 0 aromatic rings. The van der Waals surface area contributed by atoms with E-state index in [0.717, 1.165) is 19.3 Å². The van der Waals surface area contributed by atoms with Gasteiger partial charge < -0.3 is 5.73 Å². The van der Waals surface area contributed by atoms with Crippen molar-refractivity contribution >= 4 is 0 Å². The molecule has 0 aliphatic carbocycles. The van der Waals surface area contributed by atoms with Crippen LogP contribution in [0, 0.1) is 23.2 Å². The zero-order valence-electron chi connectivity index (χ0n) is 15.4. The predicted molar refractivity (Wildman–Crippen MR) is 102 cm³/mol. The van der Waals surface area contributed by atoms with Crippen LogP contribution in [-0.2, 0) is 0 Å². The van der Waals surface area contributed by atoms with E-state index in [2.05, 4.69) is 77.7 Å². The van der Waals surface area contributed by atoms with Crippen molar-refractivity contribution in [2.45, 2.75) is 60.3 Å². The molecule has 0 fully saturated rings. The Balaban J connectivity index is 5.31. The molecule has 0 rings (SSSR count). The Bertz CT molecular complexity index is 373. The molecule has 0 bridgehead atoms. The molecule has 22 heavy (non-hydrogen) atoms. The minimum Gasteiger partial charge on any atom is -0.405 e. The Morgan fingerprint density at radius 1 is 1.05 bits per heavy atom. The van der Waals surface area contributed by atoms with Crippen molar-refractivity contribution in [1.29, 1.82) is 0 Å². The normalized spacial score (nSPS) is 17.0. The van der Waals surface area contributed by atoms with Crippen molar-refractivity contribution in [3.63, 3.8) is 0 Å². The molecule has 0 aliphatic heterocycles. The summed E-state index contributed by atoms with van der Waals surface area (Å²) in [4.78, 5) is 0. The van der Waals surface area contributed by atoms with Gasteiger partial charge in [0.1, 0.15) is 0 Å². The summed E-state index contributed by atoms with van der Waals surface area (Å²) in [7, 11) is 0. The van der Waals surface area contributed by atoms with Crippen molar-refractivity contribution < 1.29 is 0 Å². The molecule has 1 heteroatoms. The zero-order valence-corrected chi connectivity index (χ0v) is 15.4. The van der Waals surface area contributed by atoms with E-state index in [-0.39, 0.29) is 5.41 Å². The molecular formula is C21H37N. The summed E-state index contributed by atoms with van der Waals surface area (Å²) in [6.45, 7) is 15.2. The summed E-state index contributed by atoms with van der Waals surface area (Å²) in [5.74, 6) is 1.89. The van der Waals surface area contributed by atoms with Gasteiger partial charge in [-0.25, -0.2) is 0 Å². The van der Waals surface area contributed by atoms with Gasteiger partial charge >= 0.3 is 0 Å². The molecule has 0 saturated carbocycles. The van der Waals surface area contributed by atoms with E-state index >= 15 is 0 Å². The molecule has 2 N–H and O–H groups in total. The SMILES string of the molecule is C=CC(CC(C)C)CC(/C=C/N)(/C=C/CC(C)C)C/C=C\C. The monoisotopic (exact) mass is 303 g/mol. The van der Waals surface area contributed by atoms with E-state index in [9.17, 15) is 0 Å². The molecule has 0 aromatic carbocycles. The molecule has 2 unspecified atom stereocenters. The van der Waals surface area contributed by atoms with Gasteiger partial charge in [-0.15, -0.1) is 6.58 Å². The van der Waals surface area contributed by atoms with E-state index in [1.165, 1.54) is 6.42 Å². The quantitative estimate of drug-likeness (QED) is 0.448. The maximum absolute atomic E-state index is 5.77. The number of nitrogens with two attached hydrogens (primary N) is 1. The summed E-state index contributed by atoms with van der Waals surface area (Å²) >= 11 is 0. The highest BCUT2D eigenvalue weighted by Gasteiger charge is 2.26. The summed E-state index contributed by atoms with van der Waals surface area (Å²) in [5.41, 5.74) is 5.78. The summed E-state index contributed by atoms with van der Waals surface area (Å²) in [6, 6.07) is 0. The maximum Gasteiger partial charge on any atom is 0.0118 e. The van der Waals surface area contributed by atoms with Gasteiger partial charge in [0.25, 0.3) is 0 Å². The van der Waals surface area contributed by atoms with Gasteiger partial charge in [0.15, 0.2) is 0 Å². The first-order valence-electron chi connectivity index (χ1n) is 8.70. The van der Waals surface area contributed by atoms with E-state index in [1.54, 1.807) is 6.20 Å². The molecule has 0 aromatic heterocycles. The van der Waals surface area contributed by atoms with Gasteiger partial charge in [-0.1, -0.05) is 64.2 Å². The fourth-order valence-electron chi connectivity index (χ4n) is 2.87. The average molecular weight is 304 g/mol. The molecule has 2 atom stereocenters. The molecule has 0 spiro atoms. The summed E-state index contributed by atoms with van der Waals surface area (Å²) in [6.07, 6.45) is 19.4. The first-order valence-corrected chi connectivity index (χ1v) is 8.70. The lowest BCUT2D eigenvalue weighted by molar-refractivity contribution is 0.344. The number of rotatable bonds is 11. The Morgan fingerprint density at radius 3 is 2.18 bits per heavy atom. The average Bonchev–Trinajstić information content (AvgIpc) is 2.43. The highest BCUT2D eigenvalue weighted by Crippen LogP contribution is 2.37. The van der Waals surface area contributed by atoms with Crippen LogP contribution >= 0.6 is 0 Å². The Kier molecular flexibility index (Phi) is 10.7. The van der Waals surface area contributed by atoms with Crippen LogP contribution in [0.5, 0.6) is 0 Å². The van der Waals surface area contributed by atoms with Crippen molar-refractivity contribution in [1.82, 2.24) is 0 Å².